The fraction of sp³-hybridized carbons (Fsp3) is 0.0769. The zero-order valence-electron chi connectivity index (χ0n) is 10.3. The molecule has 0 unspecified atom stereocenters. The lowest BCUT2D eigenvalue weighted by Gasteiger charge is -2.07. The summed E-state index contributed by atoms with van der Waals surface area (Å²) in [5.74, 6) is -0.517. The van der Waals surface area contributed by atoms with Crippen LogP contribution in [-0.4, -0.2) is 15.7 Å². The van der Waals surface area contributed by atoms with Gasteiger partial charge in [-0.25, -0.2) is 4.68 Å². The van der Waals surface area contributed by atoms with Crippen molar-refractivity contribution in [3.05, 3.63) is 62.7 Å². The Morgan fingerprint density at radius 3 is 2.75 bits per heavy atom. The van der Waals surface area contributed by atoms with Crippen molar-refractivity contribution in [1.29, 1.82) is 5.26 Å². The molecule has 0 spiro atoms. The quantitative estimate of drug-likeness (QED) is 0.821. The Kier molecular flexibility index (Phi) is 3.77. The predicted molar refractivity (Wildman–Crippen MR) is 71.1 cm³/mol. The van der Waals surface area contributed by atoms with Gasteiger partial charge in [0.25, 0.3) is 11.1 Å². The summed E-state index contributed by atoms with van der Waals surface area (Å²) in [5.41, 5.74) is -0.302. The summed E-state index contributed by atoms with van der Waals surface area (Å²) in [6.07, 6.45) is 0. The van der Waals surface area contributed by atoms with Crippen LogP contribution in [0.3, 0.4) is 0 Å². The molecule has 0 aliphatic heterocycles. The van der Waals surface area contributed by atoms with Gasteiger partial charge in [0.2, 0.25) is 5.91 Å². The van der Waals surface area contributed by atoms with Crippen molar-refractivity contribution in [2.75, 3.05) is 5.32 Å². The molecule has 1 amide bonds. The summed E-state index contributed by atoms with van der Waals surface area (Å²) in [7, 11) is 0. The zero-order chi connectivity index (χ0) is 14.5. The van der Waals surface area contributed by atoms with Crippen LogP contribution >= 0.6 is 0 Å². The van der Waals surface area contributed by atoms with Crippen molar-refractivity contribution in [2.45, 2.75) is 6.54 Å². The van der Waals surface area contributed by atoms with E-state index in [-0.39, 0.29) is 6.54 Å². The molecular formula is C13H10N4O3. The molecule has 2 aromatic rings. The van der Waals surface area contributed by atoms with Gasteiger partial charge in [0, 0.05) is 12.1 Å². The third kappa shape index (κ3) is 3.00. The number of benzene rings is 1. The number of anilines is 1. The summed E-state index contributed by atoms with van der Waals surface area (Å²) in [4.78, 5) is 34.3. The van der Waals surface area contributed by atoms with E-state index in [0.29, 0.717) is 11.3 Å². The molecule has 2 N–H and O–H groups in total. The topological polar surface area (TPSA) is 108 Å². The lowest BCUT2D eigenvalue weighted by atomic mass is 10.2. The first kappa shape index (κ1) is 13.3. The van der Waals surface area contributed by atoms with E-state index < -0.39 is 17.0 Å². The van der Waals surface area contributed by atoms with Crippen molar-refractivity contribution in [3.8, 4) is 6.07 Å². The Hall–Kier alpha value is -3.14. The van der Waals surface area contributed by atoms with Gasteiger partial charge < -0.3 is 5.32 Å². The maximum absolute atomic E-state index is 11.8. The van der Waals surface area contributed by atoms with Crippen molar-refractivity contribution in [1.82, 2.24) is 9.78 Å². The van der Waals surface area contributed by atoms with Crippen LogP contribution in [0.4, 0.5) is 5.69 Å². The molecule has 0 fully saturated rings. The number of aromatic amines is 1. The Morgan fingerprint density at radius 1 is 1.25 bits per heavy atom. The zero-order valence-corrected chi connectivity index (χ0v) is 10.3. The van der Waals surface area contributed by atoms with E-state index in [4.69, 9.17) is 5.26 Å². The third-order valence-corrected chi connectivity index (χ3v) is 2.51. The van der Waals surface area contributed by atoms with Crippen LogP contribution in [0.5, 0.6) is 0 Å². The largest absolute Gasteiger partial charge is 0.323 e. The first-order valence-electron chi connectivity index (χ1n) is 5.69. The molecule has 0 aliphatic rings. The van der Waals surface area contributed by atoms with Crippen molar-refractivity contribution < 1.29 is 4.79 Å². The number of nitriles is 1. The molecule has 2 rings (SSSR count). The predicted octanol–water partition coefficient (Wildman–Crippen LogP) is 0.0470. The smallest absolute Gasteiger partial charge is 0.265 e. The summed E-state index contributed by atoms with van der Waals surface area (Å²) in [6, 6.07) is 10.6. The molecule has 0 radical (unpaired) electrons. The highest BCUT2D eigenvalue weighted by molar-refractivity contribution is 5.91. The molecule has 1 aromatic carbocycles. The second-order valence-corrected chi connectivity index (χ2v) is 3.94. The third-order valence-electron chi connectivity index (χ3n) is 2.51. The van der Waals surface area contributed by atoms with Gasteiger partial charge in [0.1, 0.15) is 12.6 Å². The number of para-hydroxylation sites is 1. The Bertz CT molecular complexity index is 798. The van der Waals surface area contributed by atoms with E-state index in [0.717, 1.165) is 16.8 Å². The van der Waals surface area contributed by atoms with Crippen LogP contribution < -0.4 is 16.4 Å². The highest BCUT2D eigenvalue weighted by atomic mass is 16.2. The summed E-state index contributed by atoms with van der Waals surface area (Å²) in [6.45, 7) is -0.339. The lowest BCUT2D eigenvalue weighted by Crippen LogP contribution is -2.32. The first-order chi connectivity index (χ1) is 9.60. The van der Waals surface area contributed by atoms with E-state index in [1.165, 1.54) is 0 Å². The number of nitrogens with one attached hydrogen (secondary N) is 2. The Morgan fingerprint density at radius 2 is 2.00 bits per heavy atom. The molecule has 0 atom stereocenters. The molecule has 1 heterocycles. The number of amides is 1. The molecule has 0 aliphatic carbocycles. The molecule has 100 valence electrons. The minimum absolute atomic E-state index is 0.315. The molecule has 20 heavy (non-hydrogen) atoms. The molecule has 7 nitrogen and oxygen atoms in total. The number of hydrogen-bond donors (Lipinski definition) is 2. The van der Waals surface area contributed by atoms with E-state index in [2.05, 4.69) is 10.4 Å². The monoisotopic (exact) mass is 270 g/mol. The van der Waals surface area contributed by atoms with E-state index in [9.17, 15) is 14.4 Å². The minimum Gasteiger partial charge on any atom is -0.323 e. The second kappa shape index (κ2) is 5.67. The maximum Gasteiger partial charge on any atom is 0.265 e. The average molecular weight is 270 g/mol. The van der Waals surface area contributed by atoms with Gasteiger partial charge in [-0.15, -0.1) is 0 Å². The van der Waals surface area contributed by atoms with Crippen LogP contribution in [0.15, 0.2) is 46.0 Å². The molecule has 0 saturated heterocycles. The van der Waals surface area contributed by atoms with E-state index in [1.807, 2.05) is 6.07 Å². The number of aromatic nitrogens is 2. The summed E-state index contributed by atoms with van der Waals surface area (Å²) >= 11 is 0. The van der Waals surface area contributed by atoms with Crippen LogP contribution in [0.1, 0.15) is 5.56 Å². The fourth-order valence-corrected chi connectivity index (χ4v) is 1.60. The van der Waals surface area contributed by atoms with E-state index >= 15 is 0 Å². The van der Waals surface area contributed by atoms with Gasteiger partial charge in [0.05, 0.1) is 11.3 Å². The fourth-order valence-electron chi connectivity index (χ4n) is 1.60. The van der Waals surface area contributed by atoms with Crippen LogP contribution in [-0.2, 0) is 11.3 Å². The first-order valence-corrected chi connectivity index (χ1v) is 5.69. The number of H-pyrrole nitrogens is 1. The Labute approximate surface area is 113 Å². The van der Waals surface area contributed by atoms with Crippen LogP contribution in [0.2, 0.25) is 0 Å². The molecular weight excluding hydrogens is 260 g/mol. The highest BCUT2D eigenvalue weighted by Gasteiger charge is 2.08. The number of nitrogens with zero attached hydrogens (tertiary/aromatic N) is 2. The number of carbonyl (C=O) groups excluding carboxylic acids is 1. The SMILES string of the molecule is N#Cc1ccccc1NC(=O)Cn1[nH]c(=O)ccc1=O. The normalized spacial score (nSPS) is 9.75. The minimum atomic E-state index is -0.517. The van der Waals surface area contributed by atoms with Crippen molar-refractivity contribution in [3.63, 3.8) is 0 Å². The average Bonchev–Trinajstić information content (AvgIpc) is 2.43. The Balaban J connectivity index is 2.18. The van der Waals surface area contributed by atoms with Gasteiger partial charge in [-0.1, -0.05) is 12.1 Å². The van der Waals surface area contributed by atoms with Crippen LogP contribution in [0, 0.1) is 11.3 Å². The van der Waals surface area contributed by atoms with Crippen molar-refractivity contribution >= 4 is 11.6 Å². The molecule has 0 saturated carbocycles. The maximum atomic E-state index is 11.8. The van der Waals surface area contributed by atoms with Gasteiger partial charge in [0.15, 0.2) is 0 Å². The number of hydrogen-bond acceptors (Lipinski definition) is 4. The van der Waals surface area contributed by atoms with Gasteiger partial charge >= 0.3 is 0 Å². The standard InChI is InChI=1S/C13H10N4O3/c14-7-9-3-1-2-4-10(9)15-12(19)8-17-13(20)6-5-11(18)16-17/h1-6H,8H2,(H,15,19)(H,16,18). The summed E-state index contributed by atoms with van der Waals surface area (Å²) in [5, 5.41) is 13.7. The molecule has 7 heteroatoms. The van der Waals surface area contributed by atoms with Crippen LogP contribution in [0.25, 0.3) is 0 Å². The van der Waals surface area contributed by atoms with Crippen molar-refractivity contribution in [2.24, 2.45) is 0 Å². The number of rotatable bonds is 3. The van der Waals surface area contributed by atoms with Gasteiger partial charge in [-0.2, -0.15) is 5.26 Å². The van der Waals surface area contributed by atoms with E-state index in [1.54, 1.807) is 24.3 Å². The summed E-state index contributed by atoms with van der Waals surface area (Å²) < 4.78 is 0.895. The molecule has 1 aromatic heterocycles. The highest BCUT2D eigenvalue weighted by Crippen LogP contribution is 2.13. The molecule has 0 bridgehead atoms. The number of carbonyl (C=O) groups is 1. The van der Waals surface area contributed by atoms with Gasteiger partial charge in [-0.3, -0.25) is 19.5 Å². The lowest BCUT2D eigenvalue weighted by molar-refractivity contribution is -0.117. The second-order valence-electron chi connectivity index (χ2n) is 3.94. The van der Waals surface area contributed by atoms with Gasteiger partial charge in [-0.05, 0) is 12.1 Å².